The number of β-amino-alcohol motifs (C(OH)–C–C–N with tert-alkyl or cyclic N) is 1. The lowest BCUT2D eigenvalue weighted by molar-refractivity contribution is 0.100. The second kappa shape index (κ2) is 9.32. The van der Waals surface area contributed by atoms with Gasteiger partial charge in [-0.2, -0.15) is 0 Å². The van der Waals surface area contributed by atoms with E-state index in [2.05, 4.69) is 42.6 Å². The van der Waals surface area contributed by atoms with E-state index in [1.165, 1.54) is 11.5 Å². The summed E-state index contributed by atoms with van der Waals surface area (Å²) in [7, 11) is 0. The Labute approximate surface area is 154 Å². The minimum absolute atomic E-state index is 0. The number of halogens is 1. The molecule has 7 heteroatoms. The Morgan fingerprint density at radius 2 is 1.92 bits per heavy atom. The first-order valence-electron chi connectivity index (χ1n) is 7.86. The molecule has 0 aliphatic heterocycles. The van der Waals surface area contributed by atoms with Crippen molar-refractivity contribution in [1.82, 2.24) is 14.9 Å². The Bertz CT molecular complexity index is 611. The Balaban J connectivity index is 0.00000288. The molecule has 2 rings (SSSR count). The van der Waals surface area contributed by atoms with Crippen molar-refractivity contribution in [2.75, 3.05) is 13.2 Å². The fourth-order valence-corrected chi connectivity index (χ4v) is 2.79. The van der Waals surface area contributed by atoms with E-state index in [-0.39, 0.29) is 24.6 Å². The average Bonchev–Trinajstić information content (AvgIpc) is 2.99. The third kappa shape index (κ3) is 6.36. The minimum atomic E-state index is -0.536. The molecule has 1 aromatic carbocycles. The average molecular weight is 372 g/mol. The smallest absolute Gasteiger partial charge is 0.119 e. The van der Waals surface area contributed by atoms with Crippen LogP contribution in [0.5, 0.6) is 5.75 Å². The number of benzene rings is 1. The summed E-state index contributed by atoms with van der Waals surface area (Å²) in [4.78, 5) is 1.11. The van der Waals surface area contributed by atoms with E-state index in [0.717, 1.165) is 28.3 Å². The number of nitrogens with zero attached hydrogens (tertiary/aromatic N) is 2. The van der Waals surface area contributed by atoms with Crippen LogP contribution < -0.4 is 10.1 Å². The first-order chi connectivity index (χ1) is 10.9. The van der Waals surface area contributed by atoms with Gasteiger partial charge in [0.1, 0.15) is 18.5 Å². The second-order valence-corrected chi connectivity index (χ2v) is 7.28. The Hall–Kier alpha value is -1.21. The number of hydrogen-bond donors (Lipinski definition) is 2. The van der Waals surface area contributed by atoms with Gasteiger partial charge in [0, 0.05) is 12.1 Å². The van der Waals surface area contributed by atoms with E-state index in [1.54, 1.807) is 0 Å². The molecule has 1 heterocycles. The molecular formula is C17H26ClN3O2S. The molecule has 0 saturated heterocycles. The quantitative estimate of drug-likeness (QED) is 0.781. The van der Waals surface area contributed by atoms with Gasteiger partial charge in [-0.1, -0.05) is 11.4 Å². The molecule has 2 aromatic rings. The van der Waals surface area contributed by atoms with Gasteiger partial charge in [-0.15, -0.1) is 17.5 Å². The van der Waals surface area contributed by atoms with Crippen LogP contribution in [0, 0.1) is 0 Å². The fourth-order valence-electron chi connectivity index (χ4n) is 2.04. The van der Waals surface area contributed by atoms with Crippen LogP contribution in [0.2, 0.25) is 0 Å². The highest BCUT2D eigenvalue weighted by Crippen LogP contribution is 2.28. The zero-order valence-corrected chi connectivity index (χ0v) is 16.2. The van der Waals surface area contributed by atoms with Crippen LogP contribution >= 0.6 is 23.9 Å². The van der Waals surface area contributed by atoms with E-state index in [9.17, 15) is 5.11 Å². The maximum atomic E-state index is 9.94. The molecular weight excluding hydrogens is 346 g/mol. The minimum Gasteiger partial charge on any atom is -0.491 e. The molecule has 0 bridgehead atoms. The summed E-state index contributed by atoms with van der Waals surface area (Å²) in [6.45, 7) is 9.05. The van der Waals surface area contributed by atoms with Gasteiger partial charge < -0.3 is 15.2 Å². The Morgan fingerprint density at radius 3 is 2.50 bits per heavy atom. The zero-order valence-electron chi connectivity index (χ0n) is 14.6. The number of rotatable bonds is 7. The van der Waals surface area contributed by atoms with Gasteiger partial charge >= 0.3 is 0 Å². The number of aryl methyl sites for hydroxylation is 1. The summed E-state index contributed by atoms with van der Waals surface area (Å²) in [6.07, 6.45) is 0.336. The van der Waals surface area contributed by atoms with Gasteiger partial charge in [0.05, 0.1) is 10.6 Å². The van der Waals surface area contributed by atoms with Crippen molar-refractivity contribution in [3.8, 4) is 16.2 Å². The van der Waals surface area contributed by atoms with Crippen molar-refractivity contribution >= 4 is 23.9 Å². The lowest BCUT2D eigenvalue weighted by Gasteiger charge is -2.23. The fraction of sp³-hybridized carbons (Fsp3) is 0.529. The molecule has 0 amide bonds. The second-order valence-electron chi connectivity index (χ2n) is 6.52. The van der Waals surface area contributed by atoms with Crippen LogP contribution in [0.3, 0.4) is 0 Å². The molecule has 1 aromatic heterocycles. The summed E-state index contributed by atoms with van der Waals surface area (Å²) in [5.41, 5.74) is 2.11. The number of aliphatic hydroxyl groups excluding tert-OH is 1. The van der Waals surface area contributed by atoms with E-state index >= 15 is 0 Å². The molecule has 0 fully saturated rings. The molecule has 0 aliphatic rings. The van der Waals surface area contributed by atoms with Crippen molar-refractivity contribution < 1.29 is 9.84 Å². The van der Waals surface area contributed by atoms with E-state index in [0.29, 0.717) is 6.54 Å². The molecule has 2 N–H and O–H groups in total. The molecule has 0 radical (unpaired) electrons. The van der Waals surface area contributed by atoms with E-state index in [4.69, 9.17) is 4.74 Å². The Kier molecular flexibility index (Phi) is 8.09. The third-order valence-electron chi connectivity index (χ3n) is 3.32. The molecule has 1 atom stereocenters. The lowest BCUT2D eigenvalue weighted by Crippen LogP contribution is -2.42. The van der Waals surface area contributed by atoms with Crippen molar-refractivity contribution in [2.24, 2.45) is 0 Å². The van der Waals surface area contributed by atoms with Crippen molar-refractivity contribution in [3.05, 3.63) is 30.0 Å². The van der Waals surface area contributed by atoms with E-state index in [1.807, 2.05) is 24.3 Å². The predicted molar refractivity (Wildman–Crippen MR) is 101 cm³/mol. The van der Waals surface area contributed by atoms with Gasteiger partial charge in [-0.3, -0.25) is 0 Å². The van der Waals surface area contributed by atoms with Crippen LogP contribution in [0.4, 0.5) is 0 Å². The van der Waals surface area contributed by atoms with Crippen LogP contribution in [0.25, 0.3) is 10.4 Å². The van der Waals surface area contributed by atoms with Gasteiger partial charge in [0.25, 0.3) is 0 Å². The van der Waals surface area contributed by atoms with Crippen molar-refractivity contribution in [2.45, 2.75) is 45.8 Å². The predicted octanol–water partition coefficient (Wildman–Crippen LogP) is 3.32. The highest BCUT2D eigenvalue weighted by atomic mass is 35.5. The standard InChI is InChI=1S/C17H25N3O2S.ClH/c1-5-15-16(23-20-19-15)12-6-8-14(9-7-12)22-11-13(21)10-18-17(2,3)4;/h6-9,13,18,21H,5,10-11H2,1-4H3;1H. The SMILES string of the molecule is CCc1nnsc1-c1ccc(OCC(O)CNC(C)(C)C)cc1.Cl. The molecule has 0 saturated carbocycles. The largest absolute Gasteiger partial charge is 0.491 e. The van der Waals surface area contributed by atoms with Crippen molar-refractivity contribution in [1.29, 1.82) is 0 Å². The first-order valence-corrected chi connectivity index (χ1v) is 8.64. The number of nitrogens with one attached hydrogen (secondary N) is 1. The molecule has 1 unspecified atom stereocenters. The number of hydrogen-bond acceptors (Lipinski definition) is 6. The maximum Gasteiger partial charge on any atom is 0.119 e. The maximum absolute atomic E-state index is 9.94. The number of ether oxygens (including phenoxy) is 1. The van der Waals surface area contributed by atoms with Gasteiger partial charge in [-0.05, 0) is 68.6 Å². The molecule has 0 spiro atoms. The van der Waals surface area contributed by atoms with Gasteiger partial charge in [0.15, 0.2) is 0 Å². The highest BCUT2D eigenvalue weighted by molar-refractivity contribution is 7.09. The summed E-state index contributed by atoms with van der Waals surface area (Å²) in [5.74, 6) is 0.749. The topological polar surface area (TPSA) is 67.3 Å². The van der Waals surface area contributed by atoms with Crippen LogP contribution in [0.15, 0.2) is 24.3 Å². The molecule has 5 nitrogen and oxygen atoms in total. The third-order valence-corrected chi connectivity index (χ3v) is 4.13. The van der Waals surface area contributed by atoms with E-state index < -0.39 is 6.10 Å². The summed E-state index contributed by atoms with van der Waals surface area (Å²) < 4.78 is 9.66. The summed E-state index contributed by atoms with van der Waals surface area (Å²) in [5, 5.41) is 17.3. The number of aromatic nitrogens is 2. The molecule has 24 heavy (non-hydrogen) atoms. The summed E-state index contributed by atoms with van der Waals surface area (Å²) in [6, 6.07) is 7.84. The van der Waals surface area contributed by atoms with Crippen LogP contribution in [-0.2, 0) is 6.42 Å². The van der Waals surface area contributed by atoms with Crippen molar-refractivity contribution in [3.63, 3.8) is 0 Å². The first kappa shape index (κ1) is 20.8. The molecule has 134 valence electrons. The Morgan fingerprint density at radius 1 is 1.25 bits per heavy atom. The molecule has 0 aliphatic carbocycles. The number of aliphatic hydroxyl groups is 1. The normalized spacial score (nSPS) is 12.5. The van der Waals surface area contributed by atoms with Crippen LogP contribution in [-0.4, -0.2) is 39.5 Å². The summed E-state index contributed by atoms with van der Waals surface area (Å²) >= 11 is 1.41. The van der Waals surface area contributed by atoms with Gasteiger partial charge in [0.2, 0.25) is 0 Å². The van der Waals surface area contributed by atoms with Crippen LogP contribution in [0.1, 0.15) is 33.4 Å². The van der Waals surface area contributed by atoms with Gasteiger partial charge in [-0.25, -0.2) is 0 Å². The monoisotopic (exact) mass is 371 g/mol. The highest BCUT2D eigenvalue weighted by Gasteiger charge is 2.13. The lowest BCUT2D eigenvalue weighted by atomic mass is 10.1. The zero-order chi connectivity index (χ0) is 16.9.